The molecule has 0 bridgehead atoms. The van der Waals surface area contributed by atoms with Gasteiger partial charge in [0.25, 0.3) is 0 Å². The third-order valence-corrected chi connectivity index (χ3v) is 11.4. The molecular formula is C63H102O5. The Morgan fingerprint density at radius 2 is 0.632 bits per heavy atom. The van der Waals surface area contributed by atoms with E-state index in [-0.39, 0.29) is 25.2 Å². The van der Waals surface area contributed by atoms with Gasteiger partial charge in [-0.05, 0) is 116 Å². The lowest BCUT2D eigenvalue weighted by atomic mass is 10.1. The zero-order valence-electron chi connectivity index (χ0n) is 43.8. The third-order valence-electron chi connectivity index (χ3n) is 11.4. The molecule has 0 aromatic heterocycles. The summed E-state index contributed by atoms with van der Waals surface area (Å²) in [5, 5.41) is 9.64. The molecule has 0 aromatic rings. The van der Waals surface area contributed by atoms with Crippen molar-refractivity contribution in [2.45, 2.75) is 238 Å². The summed E-state index contributed by atoms with van der Waals surface area (Å²) in [4.78, 5) is 24.5. The molecule has 0 heterocycles. The average Bonchev–Trinajstić information content (AvgIpc) is 3.34. The van der Waals surface area contributed by atoms with E-state index >= 15 is 0 Å². The highest BCUT2D eigenvalue weighted by molar-refractivity contribution is 5.70. The fourth-order valence-electron chi connectivity index (χ4n) is 7.28. The van der Waals surface area contributed by atoms with Gasteiger partial charge in [0.1, 0.15) is 6.61 Å². The van der Waals surface area contributed by atoms with Crippen molar-refractivity contribution in [3.05, 3.63) is 134 Å². The first-order valence-corrected chi connectivity index (χ1v) is 27.7. The summed E-state index contributed by atoms with van der Waals surface area (Å²) >= 11 is 0. The molecule has 0 aromatic carbocycles. The minimum atomic E-state index is -0.795. The van der Waals surface area contributed by atoms with Crippen LogP contribution in [0, 0.1) is 0 Å². The lowest BCUT2D eigenvalue weighted by Crippen LogP contribution is -2.28. The van der Waals surface area contributed by atoms with Gasteiger partial charge >= 0.3 is 11.9 Å². The van der Waals surface area contributed by atoms with E-state index in [1.807, 2.05) is 0 Å². The molecule has 68 heavy (non-hydrogen) atoms. The lowest BCUT2D eigenvalue weighted by Gasteiger charge is -2.15. The minimum Gasteiger partial charge on any atom is -0.462 e. The Morgan fingerprint density at radius 1 is 0.353 bits per heavy atom. The number of carbonyl (C=O) groups is 2. The monoisotopic (exact) mass is 939 g/mol. The van der Waals surface area contributed by atoms with Gasteiger partial charge in [-0.2, -0.15) is 0 Å². The summed E-state index contributed by atoms with van der Waals surface area (Å²) in [5.41, 5.74) is 0. The van der Waals surface area contributed by atoms with Gasteiger partial charge in [0, 0.05) is 12.8 Å². The number of carbonyl (C=O) groups excluding carboxylic acids is 2. The first-order valence-electron chi connectivity index (χ1n) is 27.7. The standard InChI is InChI=1S/C63H102O5/c1-3-5-7-9-11-13-15-17-19-21-23-25-26-27-28-29-30-31-32-33-34-35-36-38-40-42-44-46-48-50-52-54-56-58-63(66)68-61(59-64)60-67-62(65)57-55-53-51-49-47-45-43-41-39-37-24-22-20-18-16-14-12-10-8-6-4-2/h5,7,11,13,16-19,22-25,27-28,30-31,33-34,36,38,42,44,61,64H,3-4,6,8-10,12,14-15,20-21,26,29,32,35,37,39-41,43,45-60H2,1-2H3/b7-5-,13-11-,18-16-,19-17-,24-22-,25-23-,28-27-,31-30-,34-33-,38-36-,44-42-. The number of unbranched alkanes of at least 4 members (excludes halogenated alkanes) is 19. The van der Waals surface area contributed by atoms with Crippen LogP contribution >= 0.6 is 0 Å². The number of aliphatic hydroxyl groups is 1. The highest BCUT2D eigenvalue weighted by atomic mass is 16.6. The lowest BCUT2D eigenvalue weighted by molar-refractivity contribution is -0.161. The fraction of sp³-hybridized carbons (Fsp3) is 0.619. The van der Waals surface area contributed by atoms with Gasteiger partial charge in [-0.3, -0.25) is 9.59 Å². The van der Waals surface area contributed by atoms with Crippen molar-refractivity contribution < 1.29 is 24.2 Å². The van der Waals surface area contributed by atoms with Crippen LogP contribution in [0.4, 0.5) is 0 Å². The zero-order chi connectivity index (χ0) is 49.2. The second kappa shape index (κ2) is 57.4. The van der Waals surface area contributed by atoms with Crippen molar-refractivity contribution in [3.8, 4) is 0 Å². The molecular weight excluding hydrogens is 837 g/mol. The molecule has 0 amide bonds. The zero-order valence-corrected chi connectivity index (χ0v) is 43.8. The van der Waals surface area contributed by atoms with Gasteiger partial charge in [-0.15, -0.1) is 0 Å². The molecule has 0 aliphatic heterocycles. The van der Waals surface area contributed by atoms with Crippen molar-refractivity contribution in [1.82, 2.24) is 0 Å². The van der Waals surface area contributed by atoms with E-state index in [0.717, 1.165) is 122 Å². The van der Waals surface area contributed by atoms with Gasteiger partial charge in [0.05, 0.1) is 6.61 Å². The quantitative estimate of drug-likeness (QED) is 0.0374. The molecule has 5 heteroatoms. The summed E-state index contributed by atoms with van der Waals surface area (Å²) in [6.07, 6.45) is 85.5. The Kier molecular flexibility index (Phi) is 54.0. The maximum absolute atomic E-state index is 12.3. The number of rotatable bonds is 49. The molecule has 0 aliphatic carbocycles. The number of allylic oxidation sites excluding steroid dienone is 22. The van der Waals surface area contributed by atoms with Crippen LogP contribution in [-0.2, 0) is 19.1 Å². The van der Waals surface area contributed by atoms with Crippen molar-refractivity contribution in [2.75, 3.05) is 13.2 Å². The van der Waals surface area contributed by atoms with Crippen LogP contribution in [0.15, 0.2) is 134 Å². The SMILES string of the molecule is CC/C=C\C/C=C\C/C=C\C/C=C\C/C=C\C/C=C\C/C=C\C/C=C\C/C=C\CCCCCCCC(=O)OC(CO)COC(=O)CCCCCCCCCCC/C=C\C/C=C\CCCCCCC. The molecule has 1 atom stereocenters. The number of hydrogen-bond acceptors (Lipinski definition) is 5. The van der Waals surface area contributed by atoms with Crippen LogP contribution in [-0.4, -0.2) is 36.4 Å². The van der Waals surface area contributed by atoms with Crippen LogP contribution in [0.5, 0.6) is 0 Å². The van der Waals surface area contributed by atoms with E-state index in [2.05, 4.69) is 148 Å². The molecule has 0 radical (unpaired) electrons. The summed E-state index contributed by atoms with van der Waals surface area (Å²) < 4.78 is 10.7. The predicted octanol–water partition coefficient (Wildman–Crippen LogP) is 18.9. The summed E-state index contributed by atoms with van der Waals surface area (Å²) in [6.45, 7) is 3.99. The number of esters is 2. The molecule has 0 rings (SSSR count). The average molecular weight is 940 g/mol. The van der Waals surface area contributed by atoms with Crippen molar-refractivity contribution in [2.24, 2.45) is 0 Å². The highest BCUT2D eigenvalue weighted by Gasteiger charge is 2.16. The van der Waals surface area contributed by atoms with E-state index in [4.69, 9.17) is 9.47 Å². The topological polar surface area (TPSA) is 72.8 Å². The molecule has 0 fully saturated rings. The van der Waals surface area contributed by atoms with E-state index in [9.17, 15) is 14.7 Å². The maximum atomic E-state index is 12.3. The van der Waals surface area contributed by atoms with Crippen molar-refractivity contribution in [1.29, 1.82) is 0 Å². The normalized spacial score (nSPS) is 13.3. The van der Waals surface area contributed by atoms with Gasteiger partial charge < -0.3 is 14.6 Å². The summed E-state index contributed by atoms with van der Waals surface area (Å²) in [5.74, 6) is -0.625. The first-order chi connectivity index (χ1) is 33.6. The third kappa shape index (κ3) is 54.6. The molecule has 0 saturated heterocycles. The van der Waals surface area contributed by atoms with Crippen LogP contribution in [0.3, 0.4) is 0 Å². The Hall–Kier alpha value is -3.96. The van der Waals surface area contributed by atoms with E-state index in [0.29, 0.717) is 12.8 Å². The molecule has 0 saturated carbocycles. The van der Waals surface area contributed by atoms with Crippen LogP contribution in [0.1, 0.15) is 232 Å². The molecule has 1 unspecified atom stereocenters. The van der Waals surface area contributed by atoms with Gasteiger partial charge in [0.2, 0.25) is 0 Å². The van der Waals surface area contributed by atoms with E-state index < -0.39 is 6.10 Å². The van der Waals surface area contributed by atoms with Crippen molar-refractivity contribution >= 4 is 11.9 Å². The molecule has 5 nitrogen and oxygen atoms in total. The van der Waals surface area contributed by atoms with Gasteiger partial charge in [-0.25, -0.2) is 0 Å². The molecule has 0 aliphatic rings. The second-order valence-corrected chi connectivity index (χ2v) is 17.9. The first kappa shape index (κ1) is 64.0. The Balaban J connectivity index is 3.64. The largest absolute Gasteiger partial charge is 0.462 e. The Bertz CT molecular complexity index is 1430. The number of aliphatic hydroxyl groups excluding tert-OH is 1. The number of hydrogen-bond donors (Lipinski definition) is 1. The maximum Gasteiger partial charge on any atom is 0.306 e. The summed E-state index contributed by atoms with van der Waals surface area (Å²) in [7, 11) is 0. The summed E-state index contributed by atoms with van der Waals surface area (Å²) in [6, 6.07) is 0. The van der Waals surface area contributed by atoms with Gasteiger partial charge in [0.15, 0.2) is 6.10 Å². The molecule has 384 valence electrons. The molecule has 0 spiro atoms. The van der Waals surface area contributed by atoms with Crippen molar-refractivity contribution in [3.63, 3.8) is 0 Å². The smallest absolute Gasteiger partial charge is 0.306 e. The fourth-order valence-corrected chi connectivity index (χ4v) is 7.28. The minimum absolute atomic E-state index is 0.0841. The Labute approximate surface area is 419 Å². The van der Waals surface area contributed by atoms with Crippen LogP contribution in [0.2, 0.25) is 0 Å². The van der Waals surface area contributed by atoms with Crippen LogP contribution in [0.25, 0.3) is 0 Å². The van der Waals surface area contributed by atoms with E-state index in [1.54, 1.807) is 0 Å². The molecule has 1 N–H and O–H groups in total. The predicted molar refractivity (Wildman–Crippen MR) is 297 cm³/mol. The van der Waals surface area contributed by atoms with E-state index in [1.165, 1.54) is 83.5 Å². The highest BCUT2D eigenvalue weighted by Crippen LogP contribution is 2.13. The second-order valence-electron chi connectivity index (χ2n) is 17.9. The Morgan fingerprint density at radius 3 is 0.956 bits per heavy atom. The number of ether oxygens (including phenoxy) is 2. The van der Waals surface area contributed by atoms with Crippen LogP contribution < -0.4 is 0 Å². The van der Waals surface area contributed by atoms with Gasteiger partial charge in [-0.1, -0.05) is 237 Å².